The van der Waals surface area contributed by atoms with Gasteiger partial charge in [0.05, 0.1) is 12.7 Å². The molecule has 20 heavy (non-hydrogen) atoms. The van der Waals surface area contributed by atoms with Gasteiger partial charge in [-0.25, -0.2) is 0 Å². The normalized spacial score (nSPS) is 21.7. The summed E-state index contributed by atoms with van der Waals surface area (Å²) in [5.74, 6) is 0.940. The quantitative estimate of drug-likeness (QED) is 0.897. The maximum atomic E-state index is 12.3. The SMILES string of the molecule is COc1ccccc1C(=O)NC1CCCCC1CN.Cl. The monoisotopic (exact) mass is 298 g/mol. The van der Waals surface area contributed by atoms with Crippen molar-refractivity contribution in [2.45, 2.75) is 31.7 Å². The van der Waals surface area contributed by atoms with Gasteiger partial charge in [-0.3, -0.25) is 4.79 Å². The molecule has 0 spiro atoms. The van der Waals surface area contributed by atoms with Gasteiger partial charge in [0.1, 0.15) is 5.75 Å². The smallest absolute Gasteiger partial charge is 0.255 e. The number of carbonyl (C=O) groups is 1. The lowest BCUT2D eigenvalue weighted by Gasteiger charge is -2.31. The number of halogens is 1. The van der Waals surface area contributed by atoms with Crippen LogP contribution in [0.15, 0.2) is 24.3 Å². The van der Waals surface area contributed by atoms with Crippen LogP contribution in [0.1, 0.15) is 36.0 Å². The highest BCUT2D eigenvalue weighted by molar-refractivity contribution is 5.97. The van der Waals surface area contributed by atoms with Gasteiger partial charge in [0.15, 0.2) is 0 Å². The zero-order chi connectivity index (χ0) is 13.7. The van der Waals surface area contributed by atoms with E-state index in [1.807, 2.05) is 12.1 Å². The van der Waals surface area contributed by atoms with Crippen molar-refractivity contribution in [3.8, 4) is 5.75 Å². The third-order valence-corrected chi connectivity index (χ3v) is 3.88. The Bertz CT molecular complexity index is 440. The van der Waals surface area contributed by atoms with Crippen molar-refractivity contribution >= 4 is 18.3 Å². The fourth-order valence-corrected chi connectivity index (χ4v) is 2.76. The summed E-state index contributed by atoms with van der Waals surface area (Å²) in [6.07, 6.45) is 4.49. The molecule has 0 heterocycles. The number of benzene rings is 1. The fourth-order valence-electron chi connectivity index (χ4n) is 2.76. The zero-order valence-corrected chi connectivity index (χ0v) is 12.6. The molecule has 1 fully saturated rings. The third kappa shape index (κ3) is 3.87. The molecule has 1 amide bonds. The number of hydrogen-bond donors (Lipinski definition) is 2. The second-order valence-electron chi connectivity index (χ2n) is 5.06. The summed E-state index contributed by atoms with van der Waals surface area (Å²) >= 11 is 0. The highest BCUT2D eigenvalue weighted by Gasteiger charge is 2.26. The van der Waals surface area contributed by atoms with E-state index >= 15 is 0 Å². The first-order valence-electron chi connectivity index (χ1n) is 6.90. The molecule has 0 aliphatic heterocycles. The van der Waals surface area contributed by atoms with Crippen LogP contribution in [0, 0.1) is 5.92 Å². The van der Waals surface area contributed by atoms with E-state index < -0.39 is 0 Å². The van der Waals surface area contributed by atoms with Crippen molar-refractivity contribution < 1.29 is 9.53 Å². The first kappa shape index (κ1) is 16.8. The van der Waals surface area contributed by atoms with Crippen LogP contribution in [0.4, 0.5) is 0 Å². The Labute approximate surface area is 126 Å². The average molecular weight is 299 g/mol. The van der Waals surface area contributed by atoms with Crippen LogP contribution in [0.2, 0.25) is 0 Å². The number of nitrogens with one attached hydrogen (secondary N) is 1. The van der Waals surface area contributed by atoms with Gasteiger partial charge in [-0.1, -0.05) is 25.0 Å². The molecule has 112 valence electrons. The molecular formula is C15H23ClN2O2. The lowest BCUT2D eigenvalue weighted by molar-refractivity contribution is 0.0905. The molecule has 0 saturated heterocycles. The predicted molar refractivity (Wildman–Crippen MR) is 82.5 cm³/mol. The number of ether oxygens (including phenoxy) is 1. The van der Waals surface area contributed by atoms with Crippen LogP contribution in [-0.4, -0.2) is 25.6 Å². The van der Waals surface area contributed by atoms with Gasteiger partial charge in [-0.2, -0.15) is 0 Å². The Hall–Kier alpha value is -1.26. The van der Waals surface area contributed by atoms with Gasteiger partial charge >= 0.3 is 0 Å². The molecule has 1 aliphatic rings. The highest BCUT2D eigenvalue weighted by Crippen LogP contribution is 2.25. The Kier molecular flexibility index (Phi) is 6.82. The maximum absolute atomic E-state index is 12.3. The number of hydrogen-bond acceptors (Lipinski definition) is 3. The van der Waals surface area contributed by atoms with Crippen molar-refractivity contribution in [1.82, 2.24) is 5.32 Å². The molecule has 0 bridgehead atoms. The van der Waals surface area contributed by atoms with Crippen molar-refractivity contribution in [2.24, 2.45) is 11.7 Å². The van der Waals surface area contributed by atoms with Gasteiger partial charge in [0.25, 0.3) is 5.91 Å². The van der Waals surface area contributed by atoms with Crippen LogP contribution in [0.25, 0.3) is 0 Å². The molecule has 2 unspecified atom stereocenters. The highest BCUT2D eigenvalue weighted by atomic mass is 35.5. The van der Waals surface area contributed by atoms with Gasteiger partial charge < -0.3 is 15.8 Å². The molecule has 2 rings (SSSR count). The molecule has 2 atom stereocenters. The summed E-state index contributed by atoms with van der Waals surface area (Å²) in [5.41, 5.74) is 6.38. The molecule has 3 N–H and O–H groups in total. The van der Waals surface area contributed by atoms with Gasteiger partial charge in [0, 0.05) is 6.04 Å². The van der Waals surface area contributed by atoms with Gasteiger partial charge in [-0.15, -0.1) is 12.4 Å². The van der Waals surface area contributed by atoms with E-state index in [4.69, 9.17) is 10.5 Å². The first-order valence-corrected chi connectivity index (χ1v) is 6.90. The van der Waals surface area contributed by atoms with E-state index in [-0.39, 0.29) is 24.4 Å². The molecule has 0 radical (unpaired) electrons. The van der Waals surface area contributed by atoms with Gasteiger partial charge in [-0.05, 0) is 37.4 Å². The summed E-state index contributed by atoms with van der Waals surface area (Å²) in [6.45, 7) is 0.636. The minimum Gasteiger partial charge on any atom is -0.496 e. The molecule has 1 aliphatic carbocycles. The van der Waals surface area contributed by atoms with Crippen LogP contribution in [0.5, 0.6) is 5.75 Å². The fraction of sp³-hybridized carbons (Fsp3) is 0.533. The Balaban J connectivity index is 0.00000200. The number of para-hydroxylation sites is 1. The lowest BCUT2D eigenvalue weighted by Crippen LogP contribution is -2.44. The number of methoxy groups -OCH3 is 1. The number of rotatable bonds is 4. The largest absolute Gasteiger partial charge is 0.496 e. The van der Waals surface area contributed by atoms with Gasteiger partial charge in [0.2, 0.25) is 0 Å². The van der Waals surface area contributed by atoms with Crippen molar-refractivity contribution in [2.75, 3.05) is 13.7 Å². The standard InChI is InChI=1S/C15H22N2O2.ClH/c1-19-14-9-5-3-7-12(14)15(18)17-13-8-4-2-6-11(13)10-16;/h3,5,7,9,11,13H,2,4,6,8,10,16H2,1H3,(H,17,18);1H. The third-order valence-electron chi connectivity index (χ3n) is 3.88. The summed E-state index contributed by atoms with van der Waals surface area (Å²) in [5, 5.41) is 3.11. The van der Waals surface area contributed by atoms with Crippen molar-refractivity contribution in [3.05, 3.63) is 29.8 Å². The predicted octanol–water partition coefficient (Wildman–Crippen LogP) is 2.36. The summed E-state index contributed by atoms with van der Waals surface area (Å²) < 4.78 is 5.22. The van der Waals surface area contributed by atoms with Crippen molar-refractivity contribution in [3.63, 3.8) is 0 Å². The minimum atomic E-state index is -0.0669. The molecule has 4 nitrogen and oxygen atoms in total. The Morgan fingerprint density at radius 3 is 2.75 bits per heavy atom. The maximum Gasteiger partial charge on any atom is 0.255 e. The van der Waals surface area contributed by atoms with E-state index in [0.29, 0.717) is 23.8 Å². The van der Waals surface area contributed by atoms with E-state index in [2.05, 4.69) is 5.32 Å². The molecule has 0 aromatic heterocycles. The second-order valence-corrected chi connectivity index (χ2v) is 5.06. The van der Waals surface area contributed by atoms with E-state index in [0.717, 1.165) is 19.3 Å². The average Bonchev–Trinajstić information content (AvgIpc) is 2.47. The van der Waals surface area contributed by atoms with Crippen molar-refractivity contribution in [1.29, 1.82) is 0 Å². The zero-order valence-electron chi connectivity index (χ0n) is 11.8. The number of carbonyl (C=O) groups excluding carboxylic acids is 1. The van der Waals surface area contributed by atoms with E-state index in [1.165, 1.54) is 6.42 Å². The molecule has 1 aromatic rings. The topological polar surface area (TPSA) is 64.3 Å². The molecule has 5 heteroatoms. The van der Waals surface area contributed by atoms with E-state index in [9.17, 15) is 4.79 Å². The van der Waals surface area contributed by atoms with Crippen LogP contribution >= 0.6 is 12.4 Å². The Morgan fingerprint density at radius 1 is 1.35 bits per heavy atom. The first-order chi connectivity index (χ1) is 9.26. The lowest BCUT2D eigenvalue weighted by atomic mass is 9.84. The summed E-state index contributed by atoms with van der Waals surface area (Å²) in [4.78, 5) is 12.3. The summed E-state index contributed by atoms with van der Waals surface area (Å²) in [6, 6.07) is 7.48. The summed E-state index contributed by atoms with van der Waals surface area (Å²) in [7, 11) is 1.58. The second kappa shape index (κ2) is 8.12. The molecular weight excluding hydrogens is 276 g/mol. The minimum absolute atomic E-state index is 0. The Morgan fingerprint density at radius 2 is 2.05 bits per heavy atom. The number of amides is 1. The van der Waals surface area contributed by atoms with Crippen LogP contribution in [0.3, 0.4) is 0 Å². The molecule has 1 saturated carbocycles. The van der Waals surface area contributed by atoms with E-state index in [1.54, 1.807) is 19.2 Å². The van der Waals surface area contributed by atoms with Crippen LogP contribution < -0.4 is 15.8 Å². The molecule has 1 aromatic carbocycles. The number of nitrogens with two attached hydrogens (primary N) is 1. The van der Waals surface area contributed by atoms with Crippen LogP contribution in [-0.2, 0) is 0 Å².